The zero-order chi connectivity index (χ0) is 11.7. The van der Waals surface area contributed by atoms with E-state index >= 15 is 0 Å². The van der Waals surface area contributed by atoms with Gasteiger partial charge in [0.25, 0.3) is 0 Å². The van der Waals surface area contributed by atoms with Crippen molar-refractivity contribution in [3.63, 3.8) is 0 Å². The number of halogens is 1. The third kappa shape index (κ3) is 2.73. The Hall–Kier alpha value is -1.20. The molecule has 1 aromatic heterocycles. The molecule has 1 heterocycles. The first-order chi connectivity index (χ1) is 8.31. The predicted octanol–water partition coefficient (Wildman–Crippen LogP) is 2.75. The van der Waals surface area contributed by atoms with Crippen molar-refractivity contribution in [2.24, 2.45) is 0 Å². The fourth-order valence-electron chi connectivity index (χ4n) is 1.55. The predicted molar refractivity (Wildman–Crippen MR) is 67.3 cm³/mol. The van der Waals surface area contributed by atoms with E-state index in [0.29, 0.717) is 24.4 Å². The lowest BCUT2D eigenvalue weighted by Gasteiger charge is -1.96. The van der Waals surface area contributed by atoms with Crippen LogP contribution >= 0.6 is 15.9 Å². The van der Waals surface area contributed by atoms with Crippen LogP contribution in [0.4, 0.5) is 0 Å². The maximum absolute atomic E-state index is 5.59. The van der Waals surface area contributed by atoms with Crippen molar-refractivity contribution >= 4 is 15.9 Å². The number of rotatable bonds is 4. The summed E-state index contributed by atoms with van der Waals surface area (Å²) in [6.07, 6.45) is 2.52. The van der Waals surface area contributed by atoms with Gasteiger partial charge >= 0.3 is 0 Å². The molecule has 88 valence electrons. The lowest BCUT2D eigenvalue weighted by Crippen LogP contribution is -2.15. The summed E-state index contributed by atoms with van der Waals surface area (Å²) in [7, 11) is 0. The third-order valence-corrected chi connectivity index (χ3v) is 3.21. The van der Waals surface area contributed by atoms with E-state index < -0.39 is 0 Å². The SMILES string of the molecule is Brc1ccc(-c2nnc(CNC3CC3)o2)cc1. The second kappa shape index (κ2) is 4.58. The highest BCUT2D eigenvalue weighted by molar-refractivity contribution is 9.10. The summed E-state index contributed by atoms with van der Waals surface area (Å²) in [6.45, 7) is 0.661. The largest absolute Gasteiger partial charge is 0.419 e. The second-order valence-corrected chi connectivity index (χ2v) is 5.08. The lowest BCUT2D eigenvalue weighted by atomic mass is 10.2. The number of aromatic nitrogens is 2. The van der Waals surface area contributed by atoms with Gasteiger partial charge in [0, 0.05) is 16.1 Å². The molecule has 0 atom stereocenters. The zero-order valence-corrected chi connectivity index (χ0v) is 10.8. The van der Waals surface area contributed by atoms with Crippen molar-refractivity contribution in [3.05, 3.63) is 34.6 Å². The number of hydrogen-bond acceptors (Lipinski definition) is 4. The Morgan fingerprint density at radius 3 is 2.71 bits per heavy atom. The van der Waals surface area contributed by atoms with Gasteiger partial charge < -0.3 is 9.73 Å². The standard InChI is InChI=1S/C12H12BrN3O/c13-9-3-1-8(2-4-9)12-16-15-11(17-12)7-14-10-5-6-10/h1-4,10,14H,5-7H2. The Balaban J connectivity index is 1.72. The van der Waals surface area contributed by atoms with Gasteiger partial charge in [0.2, 0.25) is 11.8 Å². The molecule has 0 bridgehead atoms. The van der Waals surface area contributed by atoms with Gasteiger partial charge in [-0.2, -0.15) is 0 Å². The summed E-state index contributed by atoms with van der Waals surface area (Å²) < 4.78 is 6.63. The van der Waals surface area contributed by atoms with Gasteiger partial charge in [-0.25, -0.2) is 0 Å². The number of hydrogen-bond donors (Lipinski definition) is 1. The van der Waals surface area contributed by atoms with Crippen LogP contribution in [0.5, 0.6) is 0 Å². The molecule has 4 nitrogen and oxygen atoms in total. The summed E-state index contributed by atoms with van der Waals surface area (Å²) in [4.78, 5) is 0. The van der Waals surface area contributed by atoms with Crippen molar-refractivity contribution in [1.82, 2.24) is 15.5 Å². The molecule has 1 N–H and O–H groups in total. The quantitative estimate of drug-likeness (QED) is 0.942. The third-order valence-electron chi connectivity index (χ3n) is 2.68. The Kier molecular flexibility index (Phi) is 2.94. The molecule has 0 aliphatic heterocycles. The Labute approximate surface area is 108 Å². The van der Waals surface area contributed by atoms with Crippen molar-refractivity contribution in [2.75, 3.05) is 0 Å². The van der Waals surface area contributed by atoms with E-state index in [0.717, 1.165) is 10.0 Å². The molecule has 1 fully saturated rings. The molecule has 1 aromatic carbocycles. The molecule has 0 spiro atoms. The van der Waals surface area contributed by atoms with Crippen molar-refractivity contribution in [2.45, 2.75) is 25.4 Å². The lowest BCUT2D eigenvalue weighted by molar-refractivity contribution is 0.476. The molecule has 5 heteroatoms. The summed E-state index contributed by atoms with van der Waals surface area (Å²) in [5, 5.41) is 11.4. The minimum absolute atomic E-state index is 0.574. The van der Waals surface area contributed by atoms with E-state index in [2.05, 4.69) is 31.4 Å². The van der Waals surface area contributed by atoms with Crippen LogP contribution < -0.4 is 5.32 Å². The minimum Gasteiger partial charge on any atom is -0.419 e. The Morgan fingerprint density at radius 1 is 1.24 bits per heavy atom. The number of benzene rings is 1. The van der Waals surface area contributed by atoms with Gasteiger partial charge in [-0.3, -0.25) is 0 Å². The van der Waals surface area contributed by atoms with Crippen molar-refractivity contribution in [1.29, 1.82) is 0 Å². The fraction of sp³-hybridized carbons (Fsp3) is 0.333. The Bertz CT molecular complexity index is 505. The smallest absolute Gasteiger partial charge is 0.247 e. The van der Waals surface area contributed by atoms with E-state index in [9.17, 15) is 0 Å². The van der Waals surface area contributed by atoms with E-state index in [1.807, 2.05) is 24.3 Å². The molecule has 2 aromatic rings. The summed E-state index contributed by atoms with van der Waals surface area (Å²) in [5.74, 6) is 1.22. The molecule has 0 radical (unpaired) electrons. The highest BCUT2D eigenvalue weighted by Gasteiger charge is 2.21. The molecule has 0 amide bonds. The first kappa shape index (κ1) is 10.9. The van der Waals surface area contributed by atoms with Crippen LogP contribution in [0.3, 0.4) is 0 Å². The van der Waals surface area contributed by atoms with E-state index in [1.165, 1.54) is 12.8 Å². The summed E-state index contributed by atoms with van der Waals surface area (Å²) in [5.41, 5.74) is 0.943. The van der Waals surface area contributed by atoms with Gasteiger partial charge in [0.05, 0.1) is 6.54 Å². The van der Waals surface area contributed by atoms with Crippen LogP contribution in [0.15, 0.2) is 33.2 Å². The molecular formula is C12H12BrN3O. The number of nitrogens with zero attached hydrogens (tertiary/aromatic N) is 2. The average molecular weight is 294 g/mol. The highest BCUT2D eigenvalue weighted by atomic mass is 79.9. The van der Waals surface area contributed by atoms with E-state index in [4.69, 9.17) is 4.42 Å². The van der Waals surface area contributed by atoms with Crippen LogP contribution in [0.2, 0.25) is 0 Å². The van der Waals surface area contributed by atoms with Crippen LogP contribution in [-0.4, -0.2) is 16.2 Å². The maximum Gasteiger partial charge on any atom is 0.247 e. The van der Waals surface area contributed by atoms with Gasteiger partial charge in [-0.15, -0.1) is 10.2 Å². The average Bonchev–Trinajstić information content (AvgIpc) is 3.06. The molecule has 1 saturated carbocycles. The fourth-order valence-corrected chi connectivity index (χ4v) is 1.82. The first-order valence-corrected chi connectivity index (χ1v) is 6.42. The van der Waals surface area contributed by atoms with Crippen LogP contribution in [-0.2, 0) is 6.54 Å². The molecule has 1 aliphatic carbocycles. The first-order valence-electron chi connectivity index (χ1n) is 5.63. The van der Waals surface area contributed by atoms with Gasteiger partial charge in [-0.1, -0.05) is 15.9 Å². The molecular weight excluding hydrogens is 282 g/mol. The van der Waals surface area contributed by atoms with Crippen LogP contribution in [0.1, 0.15) is 18.7 Å². The summed E-state index contributed by atoms with van der Waals surface area (Å²) >= 11 is 3.39. The van der Waals surface area contributed by atoms with Crippen LogP contribution in [0, 0.1) is 0 Å². The molecule has 0 saturated heterocycles. The zero-order valence-electron chi connectivity index (χ0n) is 9.19. The molecule has 1 aliphatic rings. The van der Waals surface area contributed by atoms with E-state index in [-0.39, 0.29) is 0 Å². The monoisotopic (exact) mass is 293 g/mol. The molecule has 3 rings (SSSR count). The van der Waals surface area contributed by atoms with Gasteiger partial charge in [-0.05, 0) is 37.1 Å². The maximum atomic E-state index is 5.59. The Morgan fingerprint density at radius 2 is 2.00 bits per heavy atom. The second-order valence-electron chi connectivity index (χ2n) is 4.16. The topological polar surface area (TPSA) is 51.0 Å². The van der Waals surface area contributed by atoms with E-state index in [1.54, 1.807) is 0 Å². The van der Waals surface area contributed by atoms with Crippen molar-refractivity contribution < 1.29 is 4.42 Å². The minimum atomic E-state index is 0.574. The molecule has 0 unspecified atom stereocenters. The highest BCUT2D eigenvalue weighted by Crippen LogP contribution is 2.22. The van der Waals surface area contributed by atoms with Crippen LogP contribution in [0.25, 0.3) is 11.5 Å². The number of nitrogens with one attached hydrogen (secondary N) is 1. The molecule has 17 heavy (non-hydrogen) atoms. The van der Waals surface area contributed by atoms with Gasteiger partial charge in [0.1, 0.15) is 0 Å². The normalized spacial score (nSPS) is 15.1. The van der Waals surface area contributed by atoms with Gasteiger partial charge in [0.15, 0.2) is 0 Å². The summed E-state index contributed by atoms with van der Waals surface area (Å²) in [6, 6.07) is 8.48. The van der Waals surface area contributed by atoms with Crippen molar-refractivity contribution in [3.8, 4) is 11.5 Å².